The molecule has 1 saturated heterocycles. The molecule has 1 aromatic rings. The Labute approximate surface area is 99.5 Å². The van der Waals surface area contributed by atoms with Crippen LogP contribution in [0.5, 0.6) is 0 Å². The van der Waals surface area contributed by atoms with Crippen LogP contribution in [0.15, 0.2) is 18.5 Å². The monoisotopic (exact) mass is 255 g/mol. The summed E-state index contributed by atoms with van der Waals surface area (Å²) in [6, 6.07) is 1.69. The molecule has 0 spiro atoms. The average molecular weight is 255 g/mol. The molecule has 1 fully saturated rings. The van der Waals surface area contributed by atoms with Crippen LogP contribution in [0.1, 0.15) is 12.0 Å². The summed E-state index contributed by atoms with van der Waals surface area (Å²) in [4.78, 5) is 17.1. The second-order valence-corrected chi connectivity index (χ2v) is 5.93. The van der Waals surface area contributed by atoms with Crippen molar-refractivity contribution in [3.8, 4) is 0 Å². The Morgan fingerprint density at radius 1 is 1.53 bits per heavy atom. The molecule has 6 nitrogen and oxygen atoms in total. The summed E-state index contributed by atoms with van der Waals surface area (Å²) in [5, 5.41) is 4.25. The molecule has 1 atom stereocenters. The van der Waals surface area contributed by atoms with Gasteiger partial charge in [0.1, 0.15) is 5.25 Å². The molecule has 1 aromatic heterocycles. The summed E-state index contributed by atoms with van der Waals surface area (Å²) in [5.41, 5.74) is 1.52. The first-order valence-electron chi connectivity index (χ1n) is 5.12. The summed E-state index contributed by atoms with van der Waals surface area (Å²) in [6.07, 6.45) is 3.15. The smallest absolute Gasteiger partial charge is 0.228 e. The maximum atomic E-state index is 11.8. The molecule has 0 aliphatic carbocycles. The summed E-state index contributed by atoms with van der Waals surface area (Å²) < 4.78 is 22.5. The first-order chi connectivity index (χ1) is 7.89. The minimum Gasteiger partial charge on any atom is -0.311 e. The number of carbonyl (C=O) groups excluding carboxylic acids is 1. The van der Waals surface area contributed by atoms with Gasteiger partial charge < -0.3 is 4.90 Å². The van der Waals surface area contributed by atoms with Gasteiger partial charge >= 0.3 is 0 Å². The molecule has 2 N–H and O–H groups in total. The predicted octanol–water partition coefficient (Wildman–Crippen LogP) is -0.216. The number of sulfonamides is 1. The number of pyridine rings is 1. The van der Waals surface area contributed by atoms with Gasteiger partial charge in [0.25, 0.3) is 0 Å². The van der Waals surface area contributed by atoms with Crippen molar-refractivity contribution in [3.63, 3.8) is 0 Å². The van der Waals surface area contributed by atoms with Gasteiger partial charge in [0, 0.05) is 31.0 Å². The van der Waals surface area contributed by atoms with Crippen LogP contribution in [0, 0.1) is 6.92 Å². The summed E-state index contributed by atoms with van der Waals surface area (Å²) in [5.74, 6) is -0.224. The highest BCUT2D eigenvalue weighted by Gasteiger charge is 2.37. The highest BCUT2D eigenvalue weighted by atomic mass is 32.2. The molecule has 0 bridgehead atoms. The van der Waals surface area contributed by atoms with Crippen molar-refractivity contribution in [2.75, 3.05) is 11.4 Å². The third-order valence-electron chi connectivity index (χ3n) is 2.84. The lowest BCUT2D eigenvalue weighted by Crippen LogP contribution is -2.32. The van der Waals surface area contributed by atoms with Gasteiger partial charge in [-0.05, 0) is 18.6 Å². The molecule has 1 aliphatic rings. The predicted molar refractivity (Wildman–Crippen MR) is 62.8 cm³/mol. The molecular weight excluding hydrogens is 242 g/mol. The van der Waals surface area contributed by atoms with Crippen LogP contribution in [-0.4, -0.2) is 31.1 Å². The number of rotatable bonds is 2. The van der Waals surface area contributed by atoms with Crippen molar-refractivity contribution in [2.24, 2.45) is 5.14 Å². The zero-order valence-electron chi connectivity index (χ0n) is 9.33. The van der Waals surface area contributed by atoms with E-state index in [2.05, 4.69) is 4.98 Å². The Morgan fingerprint density at radius 2 is 2.24 bits per heavy atom. The molecule has 2 rings (SSSR count). The number of hydrogen-bond donors (Lipinski definition) is 1. The van der Waals surface area contributed by atoms with E-state index in [1.54, 1.807) is 18.5 Å². The quantitative estimate of drug-likeness (QED) is 0.790. The van der Waals surface area contributed by atoms with Gasteiger partial charge in [-0.3, -0.25) is 9.78 Å². The van der Waals surface area contributed by atoms with E-state index in [0.717, 1.165) is 5.56 Å². The third-order valence-corrected chi connectivity index (χ3v) is 4.08. The Hall–Kier alpha value is -1.47. The summed E-state index contributed by atoms with van der Waals surface area (Å²) >= 11 is 0. The molecule has 1 amide bonds. The lowest BCUT2D eigenvalue weighted by Gasteiger charge is -2.18. The highest BCUT2D eigenvalue weighted by molar-refractivity contribution is 7.89. The van der Waals surface area contributed by atoms with Gasteiger partial charge in [-0.2, -0.15) is 0 Å². The summed E-state index contributed by atoms with van der Waals surface area (Å²) in [6.45, 7) is 1.93. The Kier molecular flexibility index (Phi) is 2.88. The van der Waals surface area contributed by atoms with Crippen LogP contribution in [0.3, 0.4) is 0 Å². The molecule has 92 valence electrons. The highest BCUT2D eigenvalue weighted by Crippen LogP contribution is 2.26. The number of nitrogens with zero attached hydrogens (tertiary/aromatic N) is 2. The van der Waals surface area contributed by atoms with E-state index in [9.17, 15) is 13.2 Å². The van der Waals surface area contributed by atoms with Crippen molar-refractivity contribution in [1.82, 2.24) is 4.98 Å². The maximum Gasteiger partial charge on any atom is 0.228 e. The third kappa shape index (κ3) is 2.29. The van der Waals surface area contributed by atoms with Gasteiger partial charge in [0.2, 0.25) is 15.9 Å². The SMILES string of the molecule is Cc1cnccc1N1CC(S(N)(=O)=O)CC1=O. The van der Waals surface area contributed by atoms with Gasteiger partial charge in [0.05, 0.1) is 0 Å². The number of aromatic nitrogens is 1. The Bertz CT molecular complexity index is 556. The number of amides is 1. The first kappa shape index (κ1) is 12.0. The zero-order valence-corrected chi connectivity index (χ0v) is 10.1. The van der Waals surface area contributed by atoms with E-state index in [4.69, 9.17) is 5.14 Å². The van der Waals surface area contributed by atoms with Crippen LogP contribution in [0.25, 0.3) is 0 Å². The number of carbonyl (C=O) groups is 1. The standard InChI is InChI=1S/C10H13N3O3S/c1-7-5-12-3-2-9(7)13-6-8(4-10(13)14)17(11,15)16/h2-3,5,8H,4,6H2,1H3,(H2,11,15,16). The second-order valence-electron chi connectivity index (χ2n) is 4.08. The Morgan fingerprint density at radius 3 is 2.76 bits per heavy atom. The first-order valence-corrected chi connectivity index (χ1v) is 6.73. The van der Waals surface area contributed by atoms with Crippen molar-refractivity contribution in [1.29, 1.82) is 0 Å². The fourth-order valence-corrected chi connectivity index (χ4v) is 2.63. The molecule has 0 radical (unpaired) electrons. The van der Waals surface area contributed by atoms with Crippen LogP contribution in [0.4, 0.5) is 5.69 Å². The maximum absolute atomic E-state index is 11.8. The van der Waals surface area contributed by atoms with Crippen LogP contribution < -0.4 is 10.0 Å². The summed E-state index contributed by atoms with van der Waals surface area (Å²) in [7, 11) is -3.67. The number of primary sulfonamides is 1. The number of aryl methyl sites for hydroxylation is 1. The van der Waals surface area contributed by atoms with Gasteiger partial charge in [0.15, 0.2) is 0 Å². The number of nitrogens with two attached hydrogens (primary N) is 1. The lowest BCUT2D eigenvalue weighted by molar-refractivity contribution is -0.117. The number of hydrogen-bond acceptors (Lipinski definition) is 4. The largest absolute Gasteiger partial charge is 0.311 e. The molecule has 17 heavy (non-hydrogen) atoms. The van der Waals surface area contributed by atoms with Crippen LogP contribution >= 0.6 is 0 Å². The zero-order chi connectivity index (χ0) is 12.6. The van der Waals surface area contributed by atoms with E-state index in [-0.39, 0.29) is 18.9 Å². The van der Waals surface area contributed by atoms with Crippen molar-refractivity contribution in [2.45, 2.75) is 18.6 Å². The van der Waals surface area contributed by atoms with Crippen molar-refractivity contribution >= 4 is 21.6 Å². The van der Waals surface area contributed by atoms with Crippen LogP contribution in [-0.2, 0) is 14.8 Å². The van der Waals surface area contributed by atoms with Crippen molar-refractivity contribution < 1.29 is 13.2 Å². The van der Waals surface area contributed by atoms with Gasteiger partial charge in [-0.15, -0.1) is 0 Å². The molecule has 0 aromatic carbocycles. The Balaban J connectivity index is 2.31. The molecule has 2 heterocycles. The van der Waals surface area contributed by atoms with Gasteiger partial charge in [-0.1, -0.05) is 0 Å². The van der Waals surface area contributed by atoms with E-state index in [0.29, 0.717) is 5.69 Å². The molecule has 1 unspecified atom stereocenters. The van der Waals surface area contributed by atoms with E-state index < -0.39 is 15.3 Å². The second kappa shape index (κ2) is 4.08. The van der Waals surface area contributed by atoms with Gasteiger partial charge in [-0.25, -0.2) is 13.6 Å². The topological polar surface area (TPSA) is 93.4 Å². The fourth-order valence-electron chi connectivity index (χ4n) is 1.90. The fraction of sp³-hybridized carbons (Fsp3) is 0.400. The molecule has 7 heteroatoms. The van der Waals surface area contributed by atoms with E-state index in [1.807, 2.05) is 6.92 Å². The molecule has 0 saturated carbocycles. The molecule has 1 aliphatic heterocycles. The van der Waals surface area contributed by atoms with Crippen LogP contribution in [0.2, 0.25) is 0 Å². The van der Waals surface area contributed by atoms with E-state index >= 15 is 0 Å². The molecular formula is C10H13N3O3S. The average Bonchev–Trinajstić information content (AvgIpc) is 2.61. The number of anilines is 1. The lowest BCUT2D eigenvalue weighted by atomic mass is 10.2. The minimum absolute atomic E-state index is 0.0550. The van der Waals surface area contributed by atoms with E-state index in [1.165, 1.54) is 4.90 Å². The normalized spacial score (nSPS) is 20.9. The van der Waals surface area contributed by atoms with Crippen molar-refractivity contribution in [3.05, 3.63) is 24.0 Å². The minimum atomic E-state index is -3.67.